The molecule has 8 nitrogen and oxygen atoms in total. The molecule has 32 heavy (non-hydrogen) atoms. The van der Waals surface area contributed by atoms with Crippen LogP contribution in [-0.2, 0) is 16.1 Å². The molecule has 2 aromatic rings. The number of aromatic nitrogens is 3. The van der Waals surface area contributed by atoms with Gasteiger partial charge in [0.15, 0.2) is 10.6 Å². The first-order valence-corrected chi connectivity index (χ1v) is 11.8. The number of benzene rings is 1. The molecule has 174 valence electrons. The number of nitrogens with one attached hydrogen (secondary N) is 1. The molecule has 0 bridgehead atoms. The van der Waals surface area contributed by atoms with Gasteiger partial charge in [0.1, 0.15) is 0 Å². The van der Waals surface area contributed by atoms with Crippen molar-refractivity contribution in [1.29, 1.82) is 0 Å². The summed E-state index contributed by atoms with van der Waals surface area (Å²) >= 11 is 5.40. The van der Waals surface area contributed by atoms with E-state index in [0.717, 1.165) is 50.5 Å². The second-order valence-corrected chi connectivity index (χ2v) is 8.58. The number of carbonyl (C=O) groups is 2. The largest absolute Gasteiger partial charge is 0.342 e. The highest BCUT2D eigenvalue weighted by Gasteiger charge is 2.22. The summed E-state index contributed by atoms with van der Waals surface area (Å²) in [7, 11) is 0. The maximum Gasteiger partial charge on any atom is 0.236 e. The van der Waals surface area contributed by atoms with Crippen LogP contribution in [0, 0.1) is 11.7 Å². The molecule has 1 saturated heterocycles. The number of nitrogens with zero attached hydrogens (tertiary/aromatic N) is 5. The van der Waals surface area contributed by atoms with Crippen molar-refractivity contribution in [3.63, 3.8) is 0 Å². The Bertz CT molecular complexity index is 964. The van der Waals surface area contributed by atoms with Gasteiger partial charge in [0.25, 0.3) is 0 Å². The molecule has 2 amide bonds. The van der Waals surface area contributed by atoms with E-state index in [1.54, 1.807) is 0 Å². The molecule has 3 rings (SSSR count). The third-order valence-corrected chi connectivity index (χ3v) is 6.35. The zero-order valence-electron chi connectivity index (χ0n) is 19.3. The van der Waals surface area contributed by atoms with Gasteiger partial charge in [-0.1, -0.05) is 29.8 Å². The fourth-order valence-electron chi connectivity index (χ4n) is 4.06. The molecule has 0 aliphatic carbocycles. The van der Waals surface area contributed by atoms with E-state index < -0.39 is 0 Å². The van der Waals surface area contributed by atoms with Crippen molar-refractivity contribution in [2.45, 2.75) is 40.2 Å². The lowest BCUT2D eigenvalue weighted by Gasteiger charge is -2.25. The van der Waals surface area contributed by atoms with E-state index in [0.29, 0.717) is 30.8 Å². The molecule has 1 fully saturated rings. The summed E-state index contributed by atoms with van der Waals surface area (Å²) in [4.78, 5) is 31.3. The average Bonchev–Trinajstić information content (AvgIpc) is 2.99. The number of hydrogen-bond acceptors (Lipinski definition) is 5. The van der Waals surface area contributed by atoms with Crippen LogP contribution in [-0.4, -0.2) is 87.1 Å². The summed E-state index contributed by atoms with van der Waals surface area (Å²) < 4.78 is 2.41. The molecule has 1 aliphatic rings. The van der Waals surface area contributed by atoms with Crippen molar-refractivity contribution < 1.29 is 9.59 Å². The average molecular weight is 459 g/mol. The Morgan fingerprint density at radius 2 is 1.81 bits per heavy atom. The number of carbonyl (C=O) groups excluding carboxylic acids is 2. The zero-order valence-corrected chi connectivity index (χ0v) is 20.2. The summed E-state index contributed by atoms with van der Waals surface area (Å²) in [6.07, 6.45) is 1.24. The highest BCUT2D eigenvalue weighted by molar-refractivity contribution is 7.71. The van der Waals surface area contributed by atoms with E-state index in [-0.39, 0.29) is 11.8 Å². The molecule has 1 aliphatic heterocycles. The van der Waals surface area contributed by atoms with Crippen molar-refractivity contribution in [2.24, 2.45) is 0 Å². The van der Waals surface area contributed by atoms with Gasteiger partial charge in [-0.15, -0.1) is 0 Å². The van der Waals surface area contributed by atoms with E-state index in [9.17, 15) is 9.59 Å². The van der Waals surface area contributed by atoms with Crippen LogP contribution in [0.1, 0.15) is 32.3 Å². The lowest BCUT2D eigenvalue weighted by atomic mass is 10.1. The second-order valence-electron chi connectivity index (χ2n) is 8.20. The predicted molar refractivity (Wildman–Crippen MR) is 128 cm³/mol. The number of H-pyrrole nitrogens is 1. The Balaban J connectivity index is 1.56. The summed E-state index contributed by atoms with van der Waals surface area (Å²) in [5.74, 6) is 1.02. The number of aromatic amines is 1. The molecule has 1 aromatic carbocycles. The van der Waals surface area contributed by atoms with Crippen LogP contribution in [0.2, 0.25) is 0 Å². The molecule has 1 N–H and O–H groups in total. The number of rotatable bonds is 8. The SMILES string of the molecule is CCN(CC)C(=O)CN1CCCN(C(=O)CCn2c(-c3ccc(C)cc3)n[nH]c2=S)CC1. The second kappa shape index (κ2) is 11.4. The van der Waals surface area contributed by atoms with E-state index >= 15 is 0 Å². The van der Waals surface area contributed by atoms with Gasteiger partial charge >= 0.3 is 0 Å². The van der Waals surface area contributed by atoms with Crippen LogP contribution in [0.25, 0.3) is 11.4 Å². The van der Waals surface area contributed by atoms with Gasteiger partial charge in [-0.3, -0.25) is 24.2 Å². The van der Waals surface area contributed by atoms with Crippen LogP contribution < -0.4 is 0 Å². The maximum absolute atomic E-state index is 12.9. The third-order valence-electron chi connectivity index (χ3n) is 6.03. The normalized spacial score (nSPS) is 14.9. The Hall–Kier alpha value is -2.52. The van der Waals surface area contributed by atoms with Gasteiger partial charge in [0.05, 0.1) is 6.54 Å². The lowest BCUT2D eigenvalue weighted by Crippen LogP contribution is -2.42. The molecule has 9 heteroatoms. The minimum Gasteiger partial charge on any atom is -0.342 e. The van der Waals surface area contributed by atoms with Crippen LogP contribution >= 0.6 is 12.2 Å². The first-order chi connectivity index (χ1) is 15.4. The lowest BCUT2D eigenvalue weighted by molar-refractivity contribution is -0.132. The monoisotopic (exact) mass is 458 g/mol. The van der Waals surface area contributed by atoms with Crippen molar-refractivity contribution in [1.82, 2.24) is 29.5 Å². The quantitative estimate of drug-likeness (QED) is 0.616. The van der Waals surface area contributed by atoms with Crippen molar-refractivity contribution >= 4 is 24.0 Å². The Kier molecular flexibility index (Phi) is 8.58. The number of likely N-dealkylation sites (N-methyl/N-ethyl adjacent to an activating group) is 1. The van der Waals surface area contributed by atoms with Crippen LogP contribution in [0.15, 0.2) is 24.3 Å². The molecule has 0 radical (unpaired) electrons. The first kappa shape index (κ1) is 24.1. The molecule has 0 saturated carbocycles. The number of amides is 2. The van der Waals surface area contributed by atoms with Gasteiger partial charge in [-0.25, -0.2) is 0 Å². The van der Waals surface area contributed by atoms with Gasteiger partial charge in [-0.05, 0) is 39.4 Å². The highest BCUT2D eigenvalue weighted by atomic mass is 32.1. The van der Waals surface area contributed by atoms with E-state index in [2.05, 4.69) is 15.1 Å². The van der Waals surface area contributed by atoms with Gasteiger partial charge < -0.3 is 9.80 Å². The predicted octanol–water partition coefficient (Wildman–Crippen LogP) is 2.71. The topological polar surface area (TPSA) is 77.5 Å². The summed E-state index contributed by atoms with van der Waals surface area (Å²) in [5, 5.41) is 7.22. The Labute approximate surface area is 195 Å². The standard InChI is InChI=1S/C23H34N6O2S/c1-4-27(5-2)21(31)17-26-12-6-13-28(16-15-26)20(30)11-14-29-22(24-25-23(29)32)19-9-7-18(3)8-10-19/h7-10H,4-6,11-17H2,1-3H3,(H,25,32). The van der Waals surface area contributed by atoms with Crippen LogP contribution in [0.4, 0.5) is 0 Å². The van der Waals surface area contributed by atoms with Crippen molar-refractivity contribution in [2.75, 3.05) is 45.8 Å². The van der Waals surface area contributed by atoms with Crippen molar-refractivity contribution in [3.05, 3.63) is 34.6 Å². The Morgan fingerprint density at radius 3 is 2.50 bits per heavy atom. The number of aryl methyl sites for hydroxylation is 1. The summed E-state index contributed by atoms with van der Waals surface area (Å²) in [5.41, 5.74) is 2.15. The molecular weight excluding hydrogens is 424 g/mol. The van der Waals surface area contributed by atoms with Crippen LogP contribution in [0.5, 0.6) is 0 Å². The minimum atomic E-state index is 0.111. The molecular formula is C23H34N6O2S. The fourth-order valence-corrected chi connectivity index (χ4v) is 4.28. The fraction of sp³-hybridized carbons (Fsp3) is 0.565. The highest BCUT2D eigenvalue weighted by Crippen LogP contribution is 2.18. The van der Waals surface area contributed by atoms with Gasteiger partial charge in [-0.2, -0.15) is 5.10 Å². The minimum absolute atomic E-state index is 0.111. The number of hydrogen-bond donors (Lipinski definition) is 1. The Morgan fingerprint density at radius 1 is 1.09 bits per heavy atom. The molecule has 2 heterocycles. The zero-order chi connectivity index (χ0) is 23.1. The van der Waals surface area contributed by atoms with E-state index in [1.807, 2.05) is 59.4 Å². The first-order valence-electron chi connectivity index (χ1n) is 11.4. The van der Waals surface area contributed by atoms with Gasteiger partial charge in [0, 0.05) is 57.8 Å². The van der Waals surface area contributed by atoms with Gasteiger partial charge in [0.2, 0.25) is 11.8 Å². The van der Waals surface area contributed by atoms with Crippen LogP contribution in [0.3, 0.4) is 0 Å². The van der Waals surface area contributed by atoms with E-state index in [4.69, 9.17) is 12.2 Å². The molecule has 0 spiro atoms. The van der Waals surface area contributed by atoms with Crippen molar-refractivity contribution in [3.8, 4) is 11.4 Å². The third kappa shape index (κ3) is 6.04. The van der Waals surface area contributed by atoms with E-state index in [1.165, 1.54) is 5.56 Å². The molecule has 0 atom stereocenters. The summed E-state index contributed by atoms with van der Waals surface area (Å²) in [6, 6.07) is 8.11. The maximum atomic E-state index is 12.9. The molecule has 1 aromatic heterocycles. The smallest absolute Gasteiger partial charge is 0.236 e. The summed E-state index contributed by atoms with van der Waals surface area (Å²) in [6.45, 7) is 11.3. The molecule has 0 unspecified atom stereocenters.